The molecule has 0 radical (unpaired) electrons. The molecule has 0 N–H and O–H groups in total. The van der Waals surface area contributed by atoms with Crippen molar-refractivity contribution in [3.63, 3.8) is 0 Å². The highest BCUT2D eigenvalue weighted by Crippen LogP contribution is 2.42. The maximum absolute atomic E-state index is 14.2. The summed E-state index contributed by atoms with van der Waals surface area (Å²) < 4.78 is 20.8. The summed E-state index contributed by atoms with van der Waals surface area (Å²) in [6, 6.07) is 28.9. The molecule has 15 nitrogen and oxygen atoms in total. The van der Waals surface area contributed by atoms with Gasteiger partial charge in [0.25, 0.3) is 23.6 Å². The molecule has 5 aliphatic rings. The van der Waals surface area contributed by atoms with Crippen LogP contribution in [0.3, 0.4) is 0 Å². The summed E-state index contributed by atoms with van der Waals surface area (Å²) in [7, 11) is 5.39. The topological polar surface area (TPSA) is 151 Å². The fourth-order valence-corrected chi connectivity index (χ4v) is 9.59. The van der Waals surface area contributed by atoms with Gasteiger partial charge in [-0.1, -0.05) is 36.4 Å². The van der Waals surface area contributed by atoms with Crippen LogP contribution in [-0.4, -0.2) is 91.5 Å². The number of hydrogen-bond acceptors (Lipinski definition) is 11. The number of amides is 4. The molecule has 0 bridgehead atoms. The van der Waals surface area contributed by atoms with Gasteiger partial charge in [-0.2, -0.15) is 0 Å². The lowest BCUT2D eigenvalue weighted by atomic mass is 10.1. The number of methoxy groups -OCH3 is 1. The summed E-state index contributed by atoms with van der Waals surface area (Å²) in [6.07, 6.45) is 5.75. The normalized spacial score (nSPS) is 17.7. The van der Waals surface area contributed by atoms with Crippen LogP contribution in [0.1, 0.15) is 74.2 Å². The minimum absolute atomic E-state index is 0.00863. The van der Waals surface area contributed by atoms with E-state index < -0.39 is 17.8 Å². The molecule has 67 heavy (non-hydrogen) atoms. The standard InChI is InChI=1S/C52H49N6O9/c1-31-18-39-41(53-27-37-22-34-10-5-7-12-42(34)56(37)51(39)62)25-45(31)65-29-32-19-33(21-36(20-32)54(2)17-9-14-50(61)67-58-48(59)15-16-49(58)60)30-66-47-26-44-40(24-46(47)64-4)52(63)57-38(28-55(44)3)23-35-11-6-8-13-43(35)57/h5-8,10-13,18-21,24-28,37-38H,9,14-17,22-23,29-30H2,1-4H3/q+1/t37-,38-/m0/s1. The van der Waals surface area contributed by atoms with Gasteiger partial charge in [0, 0.05) is 81.1 Å². The average Bonchev–Trinajstić information content (AvgIpc) is 3.95. The Bertz CT molecular complexity index is 2950. The van der Waals surface area contributed by atoms with Gasteiger partial charge in [0.1, 0.15) is 37.6 Å². The number of nitrogens with zero attached hydrogens (tertiary/aromatic N) is 6. The number of carbonyl (C=O) groups excluding carboxylic acids is 5. The van der Waals surface area contributed by atoms with E-state index in [9.17, 15) is 24.0 Å². The third kappa shape index (κ3) is 8.14. The van der Waals surface area contributed by atoms with Gasteiger partial charge in [0.05, 0.1) is 30.5 Å². The Balaban J connectivity index is 0.896. The van der Waals surface area contributed by atoms with Crippen LogP contribution in [0.25, 0.3) is 0 Å². The highest BCUT2D eigenvalue weighted by Gasteiger charge is 2.41. The number of fused-ring (bicyclic) bond motifs is 8. The molecule has 5 aromatic rings. The second kappa shape index (κ2) is 17.5. The maximum Gasteiger partial charge on any atom is 0.333 e. The van der Waals surface area contributed by atoms with Crippen LogP contribution < -0.4 is 28.9 Å². The molecular formula is C52H49N6O9+. The Morgan fingerprint density at radius 1 is 0.761 bits per heavy atom. The monoisotopic (exact) mass is 901 g/mol. The molecule has 15 heteroatoms. The van der Waals surface area contributed by atoms with E-state index in [1.165, 1.54) is 0 Å². The second-order valence-electron chi connectivity index (χ2n) is 17.5. The van der Waals surface area contributed by atoms with E-state index in [1.807, 2.05) is 125 Å². The molecule has 5 heterocycles. The lowest BCUT2D eigenvalue weighted by molar-refractivity contribution is -0.401. The number of aryl methyl sites for hydroxylation is 1. The van der Waals surface area contributed by atoms with Crippen LogP contribution in [-0.2, 0) is 45.3 Å². The molecule has 4 amide bonds. The third-order valence-electron chi connectivity index (χ3n) is 13.0. The van der Waals surface area contributed by atoms with E-state index in [-0.39, 0.29) is 56.4 Å². The zero-order valence-corrected chi connectivity index (χ0v) is 37.7. The minimum Gasteiger partial charge on any atom is -0.493 e. The van der Waals surface area contributed by atoms with Crippen molar-refractivity contribution >= 4 is 70.5 Å². The number of benzene rings is 5. The number of para-hydroxylation sites is 2. The molecule has 10 rings (SSSR count). The molecule has 0 unspecified atom stereocenters. The van der Waals surface area contributed by atoms with E-state index in [2.05, 4.69) is 12.3 Å². The van der Waals surface area contributed by atoms with Gasteiger partial charge in [-0.25, -0.2) is 9.37 Å². The first-order chi connectivity index (χ1) is 32.4. The number of rotatable bonds is 13. The van der Waals surface area contributed by atoms with Crippen molar-refractivity contribution in [1.82, 2.24) is 5.06 Å². The van der Waals surface area contributed by atoms with Crippen LogP contribution in [0.5, 0.6) is 17.2 Å². The largest absolute Gasteiger partial charge is 0.493 e. The van der Waals surface area contributed by atoms with Crippen molar-refractivity contribution in [1.29, 1.82) is 0 Å². The molecule has 5 aliphatic heterocycles. The van der Waals surface area contributed by atoms with Crippen LogP contribution in [0.4, 0.5) is 28.4 Å². The zero-order valence-electron chi connectivity index (χ0n) is 37.7. The van der Waals surface area contributed by atoms with Crippen LogP contribution in [0.2, 0.25) is 0 Å². The second-order valence-corrected chi connectivity index (χ2v) is 17.5. The number of hydroxylamine groups is 2. The first-order valence-corrected chi connectivity index (χ1v) is 22.4. The van der Waals surface area contributed by atoms with Crippen molar-refractivity contribution in [2.75, 3.05) is 42.4 Å². The molecule has 0 saturated carbocycles. The Morgan fingerprint density at radius 2 is 1.39 bits per heavy atom. The van der Waals surface area contributed by atoms with E-state index in [0.29, 0.717) is 64.2 Å². The molecule has 0 spiro atoms. The van der Waals surface area contributed by atoms with Crippen molar-refractivity contribution in [3.8, 4) is 17.2 Å². The first-order valence-electron chi connectivity index (χ1n) is 22.4. The van der Waals surface area contributed by atoms with Gasteiger partial charge in [-0.05, 0) is 77.6 Å². The van der Waals surface area contributed by atoms with E-state index in [0.717, 1.165) is 51.3 Å². The van der Waals surface area contributed by atoms with Gasteiger partial charge in [0.2, 0.25) is 5.69 Å². The molecule has 1 fully saturated rings. The molecule has 0 aromatic heterocycles. The number of aliphatic imine (C=N–C) groups is 1. The molecule has 5 aromatic carbocycles. The van der Waals surface area contributed by atoms with Crippen molar-refractivity contribution in [2.24, 2.45) is 4.99 Å². The lowest BCUT2D eigenvalue weighted by Crippen LogP contribution is -2.38. The Labute approximate surface area is 387 Å². The van der Waals surface area contributed by atoms with Crippen LogP contribution >= 0.6 is 0 Å². The van der Waals surface area contributed by atoms with Crippen molar-refractivity contribution in [2.45, 2.75) is 70.7 Å². The smallest absolute Gasteiger partial charge is 0.333 e. The summed E-state index contributed by atoms with van der Waals surface area (Å²) in [6.45, 7) is 2.66. The van der Waals surface area contributed by atoms with Crippen LogP contribution in [0, 0.1) is 6.92 Å². The summed E-state index contributed by atoms with van der Waals surface area (Å²) in [5.41, 5.74) is 9.55. The number of hydrogen-bond donors (Lipinski definition) is 0. The number of carbonyl (C=O) groups is 5. The predicted octanol–water partition coefficient (Wildman–Crippen LogP) is 7.20. The van der Waals surface area contributed by atoms with Gasteiger partial charge in [0.15, 0.2) is 17.7 Å². The van der Waals surface area contributed by atoms with E-state index >= 15 is 0 Å². The zero-order chi connectivity index (χ0) is 46.5. The highest BCUT2D eigenvalue weighted by atomic mass is 16.7. The Morgan fingerprint density at radius 3 is 2.07 bits per heavy atom. The highest BCUT2D eigenvalue weighted by molar-refractivity contribution is 6.15. The summed E-state index contributed by atoms with van der Waals surface area (Å²) >= 11 is 0. The minimum atomic E-state index is -0.662. The van der Waals surface area contributed by atoms with Gasteiger partial charge >= 0.3 is 5.97 Å². The quantitative estimate of drug-likeness (QED) is 0.0877. The lowest BCUT2D eigenvalue weighted by Gasteiger charge is -2.22. The van der Waals surface area contributed by atoms with Gasteiger partial charge in [-0.3, -0.25) is 34.0 Å². The maximum atomic E-state index is 14.2. The SMILES string of the molecule is COc1cc2c(cc1OCc1cc(COc3cc4c(cc3C)C(=O)N3c5ccccc5C[C@H]3C=N4)cc(N(C)CCCC(=O)ON3C(=O)CCC3=O)c1)[N+](C)=C[C@@H]1Cc3ccccc3N1C2=O. The summed E-state index contributed by atoms with van der Waals surface area (Å²) in [5.74, 6) is -0.457. The molecule has 1 saturated heterocycles. The fourth-order valence-electron chi connectivity index (χ4n) is 9.59. The predicted molar refractivity (Wildman–Crippen MR) is 251 cm³/mol. The number of imide groups is 1. The Kier molecular flexibility index (Phi) is 11.3. The molecule has 0 aliphatic carbocycles. The number of anilines is 3. The first kappa shape index (κ1) is 43.1. The number of ether oxygens (including phenoxy) is 3. The summed E-state index contributed by atoms with van der Waals surface area (Å²) in [4.78, 5) is 80.3. The van der Waals surface area contributed by atoms with E-state index in [1.54, 1.807) is 13.2 Å². The average molecular weight is 902 g/mol. The Hall–Kier alpha value is -7.81. The molecular weight excluding hydrogens is 853 g/mol. The summed E-state index contributed by atoms with van der Waals surface area (Å²) in [5, 5.41) is 0.565. The molecule has 2 atom stereocenters. The van der Waals surface area contributed by atoms with Gasteiger partial charge < -0.3 is 23.9 Å². The molecule has 340 valence electrons. The van der Waals surface area contributed by atoms with Crippen molar-refractivity contribution < 1.29 is 47.6 Å². The van der Waals surface area contributed by atoms with Gasteiger partial charge in [-0.15, -0.1) is 5.06 Å². The van der Waals surface area contributed by atoms with Crippen LogP contribution in [0.15, 0.2) is 96.0 Å². The van der Waals surface area contributed by atoms with Crippen molar-refractivity contribution in [3.05, 3.63) is 130 Å². The third-order valence-corrected chi connectivity index (χ3v) is 13.0. The fraction of sp³-hybridized carbons (Fsp3) is 0.288. The van der Waals surface area contributed by atoms with E-state index in [4.69, 9.17) is 24.0 Å².